The van der Waals surface area contributed by atoms with E-state index >= 15 is 0 Å². The number of nitrogens with one attached hydrogen (secondary N) is 1. The van der Waals surface area contributed by atoms with E-state index < -0.39 is 0 Å². The first-order chi connectivity index (χ1) is 12.4. The van der Waals surface area contributed by atoms with Gasteiger partial charge in [-0.2, -0.15) is 0 Å². The van der Waals surface area contributed by atoms with Gasteiger partial charge >= 0.3 is 0 Å². The van der Waals surface area contributed by atoms with E-state index in [0.29, 0.717) is 0 Å². The molecule has 1 heterocycles. The molecule has 4 aromatic rings. The summed E-state index contributed by atoms with van der Waals surface area (Å²) in [5, 5.41) is 6.64. The molecule has 0 radical (unpaired) electrons. The highest BCUT2D eigenvalue weighted by Crippen LogP contribution is 2.30. The number of aromatic nitrogens is 1. The Labute approximate surface area is 151 Å². The van der Waals surface area contributed by atoms with Crippen LogP contribution in [-0.2, 0) is 0 Å². The molecule has 4 rings (SSSR count). The van der Waals surface area contributed by atoms with Crippen LogP contribution in [0, 0.1) is 0 Å². The first-order valence-electron chi connectivity index (χ1n) is 8.27. The Kier molecular flexibility index (Phi) is 4.57. The molecule has 0 unspecified atom stereocenters. The van der Waals surface area contributed by atoms with E-state index in [9.17, 15) is 0 Å². The third kappa shape index (κ3) is 3.62. The minimum Gasteiger partial charge on any atom is -0.351 e. The van der Waals surface area contributed by atoms with Crippen LogP contribution in [0.1, 0.15) is 17.2 Å². The van der Waals surface area contributed by atoms with Crippen LogP contribution in [0.4, 0.5) is 5.13 Å². The maximum atomic E-state index is 4.78. The van der Waals surface area contributed by atoms with E-state index in [-0.39, 0.29) is 6.04 Å². The van der Waals surface area contributed by atoms with Crippen molar-refractivity contribution in [1.82, 2.24) is 4.98 Å². The predicted molar refractivity (Wildman–Crippen MR) is 106 cm³/mol. The Bertz CT molecular complexity index is 878. The molecule has 1 aromatic heterocycles. The monoisotopic (exact) mass is 342 g/mol. The highest BCUT2D eigenvalue weighted by atomic mass is 32.1. The molecule has 0 saturated carbocycles. The molecule has 0 saturated heterocycles. The molecular formula is C22H18N2S. The molecule has 0 aliphatic rings. The molecule has 3 aromatic carbocycles. The van der Waals surface area contributed by atoms with Crippen LogP contribution in [0.5, 0.6) is 0 Å². The van der Waals surface area contributed by atoms with Crippen molar-refractivity contribution in [2.45, 2.75) is 6.04 Å². The second kappa shape index (κ2) is 7.32. The quantitative estimate of drug-likeness (QED) is 0.480. The van der Waals surface area contributed by atoms with Gasteiger partial charge in [0, 0.05) is 10.9 Å². The van der Waals surface area contributed by atoms with Gasteiger partial charge in [-0.3, -0.25) is 0 Å². The van der Waals surface area contributed by atoms with Crippen molar-refractivity contribution in [2.75, 3.05) is 5.32 Å². The molecule has 0 bridgehead atoms. The molecule has 122 valence electrons. The number of thiazole rings is 1. The maximum Gasteiger partial charge on any atom is 0.183 e. The highest BCUT2D eigenvalue weighted by Gasteiger charge is 2.15. The summed E-state index contributed by atoms with van der Waals surface area (Å²) in [4.78, 5) is 4.78. The van der Waals surface area contributed by atoms with Crippen molar-refractivity contribution in [3.63, 3.8) is 0 Å². The van der Waals surface area contributed by atoms with Gasteiger partial charge in [0.1, 0.15) is 0 Å². The van der Waals surface area contributed by atoms with E-state index in [1.807, 2.05) is 30.3 Å². The third-order valence-electron chi connectivity index (χ3n) is 4.11. The Morgan fingerprint density at radius 2 is 1.20 bits per heavy atom. The fourth-order valence-electron chi connectivity index (χ4n) is 2.86. The summed E-state index contributed by atoms with van der Waals surface area (Å²) in [5.41, 5.74) is 4.60. The number of benzene rings is 3. The molecule has 25 heavy (non-hydrogen) atoms. The summed E-state index contributed by atoms with van der Waals surface area (Å²) < 4.78 is 0. The van der Waals surface area contributed by atoms with Crippen molar-refractivity contribution >= 4 is 16.5 Å². The fraction of sp³-hybridized carbons (Fsp3) is 0.0455. The summed E-state index contributed by atoms with van der Waals surface area (Å²) in [6, 6.07) is 31.3. The van der Waals surface area contributed by atoms with Crippen LogP contribution >= 0.6 is 11.3 Å². The van der Waals surface area contributed by atoms with Gasteiger partial charge in [-0.15, -0.1) is 11.3 Å². The normalized spacial score (nSPS) is 10.8. The Balaban J connectivity index is 1.65. The molecule has 0 fully saturated rings. The minimum atomic E-state index is 0.0807. The average molecular weight is 342 g/mol. The molecule has 0 amide bonds. The lowest BCUT2D eigenvalue weighted by Gasteiger charge is -2.19. The Hall–Kier alpha value is -2.91. The summed E-state index contributed by atoms with van der Waals surface area (Å²) in [5.74, 6) is 0. The zero-order valence-electron chi connectivity index (χ0n) is 13.7. The van der Waals surface area contributed by atoms with Crippen LogP contribution in [0.2, 0.25) is 0 Å². The first kappa shape index (κ1) is 15.6. The Morgan fingerprint density at radius 1 is 0.680 bits per heavy atom. The van der Waals surface area contributed by atoms with Crippen molar-refractivity contribution < 1.29 is 0 Å². The topological polar surface area (TPSA) is 24.9 Å². The van der Waals surface area contributed by atoms with Gasteiger partial charge < -0.3 is 5.32 Å². The molecule has 3 heteroatoms. The van der Waals surface area contributed by atoms with Gasteiger partial charge in [0.2, 0.25) is 0 Å². The van der Waals surface area contributed by atoms with Crippen LogP contribution in [0.25, 0.3) is 11.3 Å². The molecule has 0 aliphatic carbocycles. The van der Waals surface area contributed by atoms with Gasteiger partial charge in [0.25, 0.3) is 0 Å². The van der Waals surface area contributed by atoms with Crippen molar-refractivity contribution in [2.24, 2.45) is 0 Å². The highest BCUT2D eigenvalue weighted by molar-refractivity contribution is 7.14. The first-order valence-corrected chi connectivity index (χ1v) is 9.15. The van der Waals surface area contributed by atoms with Crippen LogP contribution in [0.15, 0.2) is 96.4 Å². The van der Waals surface area contributed by atoms with Crippen LogP contribution in [-0.4, -0.2) is 4.98 Å². The van der Waals surface area contributed by atoms with Gasteiger partial charge in [-0.25, -0.2) is 4.98 Å². The fourth-order valence-corrected chi connectivity index (χ4v) is 3.60. The summed E-state index contributed by atoms with van der Waals surface area (Å²) in [6.07, 6.45) is 0. The van der Waals surface area contributed by atoms with Gasteiger partial charge in [0.15, 0.2) is 5.13 Å². The van der Waals surface area contributed by atoms with E-state index in [2.05, 4.69) is 71.4 Å². The van der Waals surface area contributed by atoms with E-state index in [4.69, 9.17) is 4.98 Å². The standard InChI is InChI=1S/C22H18N2S/c1-4-10-17(11-5-1)20-16-25-22(23-20)24-21(18-12-6-2-7-13-18)19-14-8-3-9-15-19/h1-16,21H,(H,23,24). The molecule has 0 spiro atoms. The number of hydrogen-bond acceptors (Lipinski definition) is 3. The van der Waals surface area contributed by atoms with E-state index in [1.165, 1.54) is 11.1 Å². The second-order valence-electron chi connectivity index (χ2n) is 5.80. The number of hydrogen-bond donors (Lipinski definition) is 1. The lowest BCUT2D eigenvalue weighted by Crippen LogP contribution is -2.12. The second-order valence-corrected chi connectivity index (χ2v) is 6.66. The summed E-state index contributed by atoms with van der Waals surface area (Å²) in [6.45, 7) is 0. The molecule has 1 N–H and O–H groups in total. The number of rotatable bonds is 5. The van der Waals surface area contributed by atoms with Gasteiger partial charge in [-0.05, 0) is 11.1 Å². The SMILES string of the molecule is c1ccc(-c2csc(NC(c3ccccc3)c3ccccc3)n2)cc1. The molecular weight excluding hydrogens is 324 g/mol. The smallest absolute Gasteiger partial charge is 0.183 e. The molecule has 0 aliphatic heterocycles. The average Bonchev–Trinajstić information content (AvgIpc) is 3.17. The van der Waals surface area contributed by atoms with Crippen molar-refractivity contribution in [1.29, 1.82) is 0 Å². The molecule has 0 atom stereocenters. The lowest BCUT2D eigenvalue weighted by atomic mass is 9.99. The zero-order chi connectivity index (χ0) is 16.9. The van der Waals surface area contributed by atoms with Crippen molar-refractivity contribution in [3.05, 3.63) is 108 Å². The minimum absolute atomic E-state index is 0.0807. The van der Waals surface area contributed by atoms with E-state index in [1.54, 1.807) is 11.3 Å². The molecule has 2 nitrogen and oxygen atoms in total. The van der Waals surface area contributed by atoms with Crippen molar-refractivity contribution in [3.8, 4) is 11.3 Å². The van der Waals surface area contributed by atoms with Gasteiger partial charge in [-0.1, -0.05) is 91.0 Å². The van der Waals surface area contributed by atoms with Crippen LogP contribution in [0.3, 0.4) is 0 Å². The van der Waals surface area contributed by atoms with E-state index in [0.717, 1.165) is 16.4 Å². The third-order valence-corrected chi connectivity index (χ3v) is 4.88. The maximum absolute atomic E-state index is 4.78. The van der Waals surface area contributed by atoms with Crippen LogP contribution < -0.4 is 5.32 Å². The number of anilines is 1. The largest absolute Gasteiger partial charge is 0.351 e. The summed E-state index contributed by atoms with van der Waals surface area (Å²) >= 11 is 1.64. The van der Waals surface area contributed by atoms with Gasteiger partial charge in [0.05, 0.1) is 11.7 Å². The zero-order valence-corrected chi connectivity index (χ0v) is 14.5. The lowest BCUT2D eigenvalue weighted by molar-refractivity contribution is 0.935. The summed E-state index contributed by atoms with van der Waals surface area (Å²) in [7, 11) is 0. The Morgan fingerprint density at radius 3 is 1.76 bits per heavy atom. The predicted octanol–water partition coefficient (Wildman–Crippen LogP) is 6.01. The number of nitrogens with zero attached hydrogens (tertiary/aromatic N) is 1.